The van der Waals surface area contributed by atoms with Crippen LogP contribution in [-0.4, -0.2) is 41.0 Å². The molecule has 184 valence electrons. The lowest BCUT2D eigenvalue weighted by molar-refractivity contribution is -0.174. The molecule has 1 unspecified atom stereocenters. The van der Waals surface area contributed by atoms with Gasteiger partial charge in [-0.05, 0) is 44.5 Å². The number of carbonyl (C=O) groups is 1. The van der Waals surface area contributed by atoms with Crippen molar-refractivity contribution >= 4 is 11.4 Å². The van der Waals surface area contributed by atoms with E-state index in [1.807, 2.05) is 0 Å². The zero-order valence-electron chi connectivity index (χ0n) is 18.4. The van der Waals surface area contributed by atoms with E-state index in [-0.39, 0.29) is 23.7 Å². The SMILES string of the molecule is Cc1cc(OCc2c(F)ccc(F)c2F)n2nc(C)c(C(=O)NC(C)COCC(F)(F)F)c2c1. The van der Waals surface area contributed by atoms with E-state index in [1.165, 1.54) is 24.4 Å². The maximum Gasteiger partial charge on any atom is 0.411 e. The Morgan fingerprint density at radius 3 is 2.50 bits per heavy atom. The maximum atomic E-state index is 14.0. The highest BCUT2D eigenvalue weighted by Crippen LogP contribution is 2.25. The second-order valence-corrected chi connectivity index (χ2v) is 7.74. The van der Waals surface area contributed by atoms with E-state index in [9.17, 15) is 31.1 Å². The van der Waals surface area contributed by atoms with Gasteiger partial charge in [0.25, 0.3) is 5.91 Å². The van der Waals surface area contributed by atoms with Crippen molar-refractivity contribution in [1.29, 1.82) is 0 Å². The number of alkyl halides is 3. The number of carbonyl (C=O) groups excluding carboxylic acids is 1. The largest absolute Gasteiger partial charge is 0.473 e. The van der Waals surface area contributed by atoms with E-state index in [4.69, 9.17) is 4.74 Å². The fourth-order valence-electron chi connectivity index (χ4n) is 3.28. The molecule has 0 saturated carbocycles. The molecular weight excluding hydrogens is 468 g/mol. The Balaban J connectivity index is 1.83. The first-order valence-corrected chi connectivity index (χ1v) is 10.1. The number of amides is 1. The number of aromatic nitrogens is 2. The standard InChI is InChI=1S/C22H21F6N3O3/c1-11-6-17-19(21(32)29-12(2)8-33-10-22(26,27)28)13(3)30-31(17)18(7-11)34-9-14-15(23)4-5-16(24)20(14)25/h4-7,12H,8-10H2,1-3H3,(H,29,32). The van der Waals surface area contributed by atoms with E-state index in [1.54, 1.807) is 13.0 Å². The minimum Gasteiger partial charge on any atom is -0.473 e. The molecule has 0 spiro atoms. The summed E-state index contributed by atoms with van der Waals surface area (Å²) in [6, 6.07) is 3.85. The molecule has 1 N–H and O–H groups in total. The van der Waals surface area contributed by atoms with Crippen LogP contribution in [0.25, 0.3) is 5.52 Å². The number of aryl methyl sites for hydroxylation is 2. The Morgan fingerprint density at radius 1 is 1.15 bits per heavy atom. The molecular formula is C22H21F6N3O3. The molecule has 0 aliphatic carbocycles. The number of ether oxygens (including phenoxy) is 2. The van der Waals surface area contributed by atoms with Crippen LogP contribution in [0.15, 0.2) is 24.3 Å². The molecule has 0 fully saturated rings. The topological polar surface area (TPSA) is 64.9 Å². The van der Waals surface area contributed by atoms with Crippen LogP contribution in [0.2, 0.25) is 0 Å². The van der Waals surface area contributed by atoms with E-state index >= 15 is 0 Å². The van der Waals surface area contributed by atoms with Crippen molar-refractivity contribution in [3.8, 4) is 5.88 Å². The minimum atomic E-state index is -4.48. The second-order valence-electron chi connectivity index (χ2n) is 7.74. The van der Waals surface area contributed by atoms with Crippen molar-refractivity contribution < 1.29 is 40.6 Å². The molecule has 2 aromatic heterocycles. The zero-order valence-corrected chi connectivity index (χ0v) is 18.4. The van der Waals surface area contributed by atoms with Crippen LogP contribution < -0.4 is 10.1 Å². The monoisotopic (exact) mass is 489 g/mol. The van der Waals surface area contributed by atoms with Crippen LogP contribution in [-0.2, 0) is 11.3 Å². The summed E-state index contributed by atoms with van der Waals surface area (Å²) in [6.45, 7) is 2.28. The van der Waals surface area contributed by atoms with Gasteiger partial charge in [0.05, 0.1) is 28.9 Å². The minimum absolute atomic E-state index is 0.0433. The maximum absolute atomic E-state index is 14.0. The third-order valence-corrected chi connectivity index (χ3v) is 4.76. The molecule has 0 aliphatic heterocycles. The van der Waals surface area contributed by atoms with Gasteiger partial charge in [0, 0.05) is 12.1 Å². The van der Waals surface area contributed by atoms with Gasteiger partial charge in [-0.1, -0.05) is 0 Å². The summed E-state index contributed by atoms with van der Waals surface area (Å²) >= 11 is 0. The first-order valence-electron chi connectivity index (χ1n) is 10.1. The van der Waals surface area contributed by atoms with Crippen molar-refractivity contribution in [2.24, 2.45) is 0 Å². The third kappa shape index (κ3) is 5.79. The summed E-state index contributed by atoms with van der Waals surface area (Å²) < 4.78 is 89.4. The fraction of sp³-hybridized carbons (Fsp3) is 0.364. The van der Waals surface area contributed by atoms with Crippen LogP contribution in [0.5, 0.6) is 5.88 Å². The average molecular weight is 489 g/mol. The van der Waals surface area contributed by atoms with Gasteiger partial charge in [0.2, 0.25) is 5.88 Å². The Bertz CT molecular complexity index is 1210. The molecule has 0 bridgehead atoms. The van der Waals surface area contributed by atoms with Crippen LogP contribution >= 0.6 is 0 Å². The van der Waals surface area contributed by atoms with Crippen molar-refractivity contribution in [2.75, 3.05) is 13.2 Å². The van der Waals surface area contributed by atoms with Gasteiger partial charge in [0.15, 0.2) is 11.6 Å². The van der Waals surface area contributed by atoms with Crippen LogP contribution in [0.4, 0.5) is 26.3 Å². The molecule has 3 aromatic rings. The molecule has 0 aliphatic rings. The highest BCUT2D eigenvalue weighted by Gasteiger charge is 2.28. The van der Waals surface area contributed by atoms with Gasteiger partial charge in [0.1, 0.15) is 19.0 Å². The van der Waals surface area contributed by atoms with Crippen molar-refractivity contribution in [1.82, 2.24) is 14.9 Å². The number of fused-ring (bicyclic) bond motifs is 1. The van der Waals surface area contributed by atoms with Crippen LogP contribution in [0.1, 0.15) is 34.1 Å². The number of nitrogens with zero attached hydrogens (tertiary/aromatic N) is 2. The molecule has 1 aromatic carbocycles. The molecule has 1 atom stereocenters. The number of hydrogen-bond donors (Lipinski definition) is 1. The molecule has 12 heteroatoms. The summed E-state index contributed by atoms with van der Waals surface area (Å²) in [5.41, 5.74) is 0.731. The Labute approximate surface area is 190 Å². The number of halogens is 6. The van der Waals surface area contributed by atoms with Crippen molar-refractivity contribution in [3.05, 3.63) is 64.1 Å². The highest BCUT2D eigenvalue weighted by molar-refractivity contribution is 6.02. The summed E-state index contributed by atoms with van der Waals surface area (Å²) in [5.74, 6) is -4.14. The second kappa shape index (κ2) is 9.92. The third-order valence-electron chi connectivity index (χ3n) is 4.76. The predicted molar refractivity (Wildman–Crippen MR) is 109 cm³/mol. The van der Waals surface area contributed by atoms with E-state index < -0.39 is 54.4 Å². The predicted octanol–water partition coefficient (Wildman–Crippen LogP) is 4.64. The Hall–Kier alpha value is -3.28. The molecule has 3 rings (SSSR count). The number of pyridine rings is 1. The first kappa shape index (κ1) is 25.3. The summed E-state index contributed by atoms with van der Waals surface area (Å²) in [4.78, 5) is 12.8. The summed E-state index contributed by atoms with van der Waals surface area (Å²) in [6.07, 6.45) is -4.48. The summed E-state index contributed by atoms with van der Waals surface area (Å²) in [7, 11) is 0. The highest BCUT2D eigenvalue weighted by atomic mass is 19.4. The van der Waals surface area contributed by atoms with Gasteiger partial charge < -0.3 is 14.8 Å². The quantitative estimate of drug-likeness (QED) is 0.370. The van der Waals surface area contributed by atoms with Crippen LogP contribution in [0.3, 0.4) is 0 Å². The Kier molecular flexibility index (Phi) is 7.39. The van der Waals surface area contributed by atoms with Gasteiger partial charge in [-0.15, -0.1) is 0 Å². The lowest BCUT2D eigenvalue weighted by Crippen LogP contribution is -2.37. The lowest BCUT2D eigenvalue weighted by Gasteiger charge is -2.15. The van der Waals surface area contributed by atoms with E-state index in [2.05, 4.69) is 15.2 Å². The average Bonchev–Trinajstić information content (AvgIpc) is 3.05. The lowest BCUT2D eigenvalue weighted by atomic mass is 10.1. The van der Waals surface area contributed by atoms with Gasteiger partial charge in [-0.2, -0.15) is 22.8 Å². The number of hydrogen-bond acceptors (Lipinski definition) is 4. The molecule has 6 nitrogen and oxygen atoms in total. The van der Waals surface area contributed by atoms with Crippen molar-refractivity contribution in [2.45, 2.75) is 39.6 Å². The normalized spacial score (nSPS) is 12.7. The van der Waals surface area contributed by atoms with Gasteiger partial charge in [-0.3, -0.25) is 4.79 Å². The molecule has 1 amide bonds. The van der Waals surface area contributed by atoms with Crippen LogP contribution in [0, 0.1) is 31.3 Å². The number of rotatable bonds is 8. The first-order chi connectivity index (χ1) is 15.9. The van der Waals surface area contributed by atoms with Gasteiger partial charge >= 0.3 is 6.18 Å². The molecule has 2 heterocycles. The molecule has 0 saturated heterocycles. The van der Waals surface area contributed by atoms with E-state index in [0.717, 1.165) is 6.07 Å². The number of benzene rings is 1. The smallest absolute Gasteiger partial charge is 0.411 e. The van der Waals surface area contributed by atoms with Crippen molar-refractivity contribution in [3.63, 3.8) is 0 Å². The van der Waals surface area contributed by atoms with E-state index in [0.29, 0.717) is 17.1 Å². The number of nitrogens with one attached hydrogen (secondary N) is 1. The summed E-state index contributed by atoms with van der Waals surface area (Å²) in [5, 5.41) is 6.79. The van der Waals surface area contributed by atoms with Gasteiger partial charge in [-0.25, -0.2) is 13.2 Å². The fourth-order valence-corrected chi connectivity index (χ4v) is 3.28. The molecule has 0 radical (unpaired) electrons. The Morgan fingerprint density at radius 2 is 1.82 bits per heavy atom. The molecule has 34 heavy (non-hydrogen) atoms. The zero-order chi connectivity index (χ0) is 25.2.